The number of allylic oxidation sites excluding steroid dienone is 3. The fourth-order valence-electron chi connectivity index (χ4n) is 7.51. The highest BCUT2D eigenvalue weighted by atomic mass is 16.7. The number of hydrogen-bond donors (Lipinski definition) is 4. The smallest absolute Gasteiger partial charge is 0.225 e. The van der Waals surface area contributed by atoms with Crippen molar-refractivity contribution >= 4 is 17.6 Å². The Labute approximate surface area is 301 Å². The van der Waals surface area contributed by atoms with Crippen molar-refractivity contribution in [3.63, 3.8) is 0 Å². The van der Waals surface area contributed by atoms with Crippen LogP contribution < -0.4 is 10.6 Å². The maximum absolute atomic E-state index is 12.9. The lowest BCUT2D eigenvalue weighted by Gasteiger charge is -2.48. The molecule has 3 aliphatic rings. The summed E-state index contributed by atoms with van der Waals surface area (Å²) in [6.07, 6.45) is 14.5. The van der Waals surface area contributed by atoms with Crippen molar-refractivity contribution in [1.82, 2.24) is 10.6 Å². The van der Waals surface area contributed by atoms with Crippen molar-refractivity contribution < 1.29 is 38.8 Å². The van der Waals surface area contributed by atoms with E-state index in [1.165, 1.54) is 0 Å². The summed E-state index contributed by atoms with van der Waals surface area (Å²) in [5, 5.41) is 26.2. The zero-order chi connectivity index (χ0) is 36.8. The molecule has 0 unspecified atom stereocenters. The molecule has 0 saturated carbocycles. The molecular formula is C40H68N2O8. The van der Waals surface area contributed by atoms with Crippen molar-refractivity contribution in [2.24, 2.45) is 23.7 Å². The molecule has 0 aromatic heterocycles. The van der Waals surface area contributed by atoms with Gasteiger partial charge >= 0.3 is 0 Å². The summed E-state index contributed by atoms with van der Waals surface area (Å²) in [5.74, 6) is -0.680. The first-order valence-electron chi connectivity index (χ1n) is 19.5. The van der Waals surface area contributed by atoms with Crippen molar-refractivity contribution in [2.45, 2.75) is 174 Å². The minimum atomic E-state index is -1.02. The molecule has 3 fully saturated rings. The van der Waals surface area contributed by atoms with Crippen LogP contribution in [0.5, 0.6) is 0 Å². The van der Waals surface area contributed by atoms with Crippen LogP contribution in [0.2, 0.25) is 0 Å². The average molecular weight is 705 g/mol. The van der Waals surface area contributed by atoms with Crippen LogP contribution in [0.3, 0.4) is 0 Å². The molecule has 286 valence electrons. The standard InChI is InChI=1S/C40H68N2O8/c1-8-11-32(44)23-34-17-15-27(3)37(48-34)24-38(46)42-25-35(45)30(6)39(47)41-21-10-13-36-28(4)18-20-40(50-36)19-9-12-33(49-40)16-14-26(2)22-29(5)31(7)43/h8,11,22,26-28,30-31,33-37,43,45H,9-10,12-21,23-25H2,1-7H3,(H,41,47)(H,42,46)/b11-8+,29-22-/t26-,27-,28-,30-,31-,33-,34+,35-,36+,37-,40-/m0/s1. The Morgan fingerprint density at radius 1 is 0.900 bits per heavy atom. The van der Waals surface area contributed by atoms with E-state index >= 15 is 0 Å². The van der Waals surface area contributed by atoms with E-state index in [-0.39, 0.29) is 60.9 Å². The highest BCUT2D eigenvalue weighted by Crippen LogP contribution is 2.43. The van der Waals surface area contributed by atoms with Gasteiger partial charge in [-0.2, -0.15) is 0 Å². The number of aliphatic hydroxyl groups is 2. The third kappa shape index (κ3) is 13.8. The molecular weight excluding hydrogens is 636 g/mol. The number of hydrogen-bond acceptors (Lipinski definition) is 8. The summed E-state index contributed by atoms with van der Waals surface area (Å²) in [7, 11) is 0. The number of aliphatic hydroxyl groups excluding tert-OH is 2. The van der Waals surface area contributed by atoms with Gasteiger partial charge in [-0.15, -0.1) is 0 Å². The van der Waals surface area contributed by atoms with Crippen molar-refractivity contribution in [2.75, 3.05) is 13.1 Å². The zero-order valence-corrected chi connectivity index (χ0v) is 32.0. The summed E-state index contributed by atoms with van der Waals surface area (Å²) >= 11 is 0. The Morgan fingerprint density at radius 2 is 1.64 bits per heavy atom. The van der Waals surface area contributed by atoms with E-state index in [1.54, 1.807) is 26.0 Å². The first kappa shape index (κ1) is 42.3. The van der Waals surface area contributed by atoms with E-state index in [2.05, 4.69) is 30.6 Å². The molecule has 1 spiro atoms. The highest BCUT2D eigenvalue weighted by molar-refractivity contribution is 5.89. The number of carbonyl (C=O) groups is 3. The van der Waals surface area contributed by atoms with E-state index in [0.717, 1.165) is 76.2 Å². The minimum absolute atomic E-state index is 0.0223. The Kier molecular flexibility index (Phi) is 17.6. The molecule has 0 aliphatic carbocycles. The SMILES string of the molecule is C/C=C/C(=O)C[C@H]1CC[C@H](C)[C@H](CC(=O)NC[C@H](O)[C@H](C)C(=O)NCCC[C@H]2O[C@@]3(CCC[C@@H](CC[C@H](C)/C=C(/C)[C@H](C)O)O3)CC[C@@H]2C)O1. The highest BCUT2D eigenvalue weighted by Gasteiger charge is 2.44. The molecule has 50 heavy (non-hydrogen) atoms. The molecule has 0 aromatic rings. The van der Waals surface area contributed by atoms with Crippen molar-refractivity contribution in [3.8, 4) is 0 Å². The third-order valence-corrected chi connectivity index (χ3v) is 11.2. The first-order chi connectivity index (χ1) is 23.7. The maximum Gasteiger partial charge on any atom is 0.225 e. The molecule has 10 nitrogen and oxygen atoms in total. The van der Waals surface area contributed by atoms with Gasteiger partial charge in [0.1, 0.15) is 0 Å². The summed E-state index contributed by atoms with van der Waals surface area (Å²) < 4.78 is 19.5. The minimum Gasteiger partial charge on any atom is -0.390 e. The van der Waals surface area contributed by atoms with Crippen LogP contribution in [-0.4, -0.2) is 83.3 Å². The Hall–Kier alpha value is -2.11. The Balaban J connectivity index is 1.36. The second-order valence-electron chi connectivity index (χ2n) is 15.7. The Morgan fingerprint density at radius 3 is 2.36 bits per heavy atom. The van der Waals surface area contributed by atoms with Gasteiger partial charge in [-0.25, -0.2) is 0 Å². The first-order valence-corrected chi connectivity index (χ1v) is 19.5. The van der Waals surface area contributed by atoms with Crippen LogP contribution in [-0.2, 0) is 28.6 Å². The van der Waals surface area contributed by atoms with Gasteiger partial charge in [-0.3, -0.25) is 14.4 Å². The monoisotopic (exact) mass is 704 g/mol. The van der Waals surface area contributed by atoms with Gasteiger partial charge in [-0.05, 0) is 108 Å². The van der Waals surface area contributed by atoms with Gasteiger partial charge in [0.15, 0.2) is 11.6 Å². The normalized spacial score (nSPS) is 31.6. The van der Waals surface area contributed by atoms with Crippen molar-refractivity contribution in [1.29, 1.82) is 0 Å². The lowest BCUT2D eigenvalue weighted by Crippen LogP contribution is -2.50. The van der Waals surface area contributed by atoms with E-state index in [9.17, 15) is 24.6 Å². The van der Waals surface area contributed by atoms with E-state index in [4.69, 9.17) is 14.2 Å². The van der Waals surface area contributed by atoms with Crippen LogP contribution in [0.1, 0.15) is 132 Å². The molecule has 0 aromatic carbocycles. The predicted molar refractivity (Wildman–Crippen MR) is 195 cm³/mol. The van der Waals surface area contributed by atoms with E-state index in [0.29, 0.717) is 24.8 Å². The molecule has 10 heteroatoms. The number of nitrogens with one attached hydrogen (secondary N) is 2. The van der Waals surface area contributed by atoms with Gasteiger partial charge in [0.2, 0.25) is 11.8 Å². The number of ether oxygens (including phenoxy) is 3. The van der Waals surface area contributed by atoms with Crippen LogP contribution >= 0.6 is 0 Å². The molecule has 0 radical (unpaired) electrons. The van der Waals surface area contributed by atoms with Gasteiger partial charge in [-0.1, -0.05) is 39.8 Å². The number of rotatable bonds is 18. The summed E-state index contributed by atoms with van der Waals surface area (Å²) in [4.78, 5) is 37.6. The summed E-state index contributed by atoms with van der Waals surface area (Å²) in [6, 6.07) is 0. The fourth-order valence-corrected chi connectivity index (χ4v) is 7.51. The Bertz CT molecular complexity index is 1140. The van der Waals surface area contributed by atoms with Gasteiger partial charge in [0.25, 0.3) is 0 Å². The summed E-state index contributed by atoms with van der Waals surface area (Å²) in [5.41, 5.74) is 1.01. The largest absolute Gasteiger partial charge is 0.390 e. The number of carbonyl (C=O) groups excluding carboxylic acids is 3. The third-order valence-electron chi connectivity index (χ3n) is 11.2. The van der Waals surface area contributed by atoms with Crippen LogP contribution in [0, 0.1) is 23.7 Å². The molecule has 3 aliphatic heterocycles. The fraction of sp³-hybridized carbons (Fsp3) is 0.825. The van der Waals surface area contributed by atoms with Gasteiger partial charge in [0.05, 0.1) is 49.0 Å². The quantitative estimate of drug-likeness (QED) is 0.0782. The number of amides is 2. The molecule has 11 atom stereocenters. The van der Waals surface area contributed by atoms with E-state index in [1.807, 2.05) is 20.8 Å². The second kappa shape index (κ2) is 20.8. The second-order valence-corrected chi connectivity index (χ2v) is 15.7. The topological polar surface area (TPSA) is 143 Å². The molecule has 4 N–H and O–H groups in total. The van der Waals surface area contributed by atoms with Crippen LogP contribution in [0.15, 0.2) is 23.8 Å². The molecule has 3 heterocycles. The lowest BCUT2D eigenvalue weighted by molar-refractivity contribution is -0.324. The maximum atomic E-state index is 12.9. The molecule has 2 amide bonds. The van der Waals surface area contributed by atoms with Crippen LogP contribution in [0.25, 0.3) is 0 Å². The molecule has 3 saturated heterocycles. The molecule has 0 bridgehead atoms. The van der Waals surface area contributed by atoms with Crippen molar-refractivity contribution in [3.05, 3.63) is 23.8 Å². The van der Waals surface area contributed by atoms with Crippen LogP contribution in [0.4, 0.5) is 0 Å². The van der Waals surface area contributed by atoms with Gasteiger partial charge < -0.3 is 35.1 Å². The van der Waals surface area contributed by atoms with Gasteiger partial charge in [0, 0.05) is 32.4 Å². The lowest BCUT2D eigenvalue weighted by atomic mass is 9.85. The van der Waals surface area contributed by atoms with E-state index < -0.39 is 23.9 Å². The predicted octanol–water partition coefficient (Wildman–Crippen LogP) is 5.93. The number of ketones is 1. The average Bonchev–Trinajstić information content (AvgIpc) is 3.07. The summed E-state index contributed by atoms with van der Waals surface area (Å²) in [6.45, 7) is 14.2. The molecule has 3 rings (SSSR count). The zero-order valence-electron chi connectivity index (χ0n) is 32.0.